The second-order valence-electron chi connectivity index (χ2n) is 7.64. The molecule has 4 rings (SSSR count). The largest absolute Gasteiger partial charge is 0.497 e. The number of amides is 1. The van der Waals surface area contributed by atoms with Crippen LogP contribution in [0.25, 0.3) is 11.4 Å². The van der Waals surface area contributed by atoms with Crippen molar-refractivity contribution in [2.45, 2.75) is 25.8 Å². The fourth-order valence-corrected chi connectivity index (χ4v) is 3.77. The van der Waals surface area contributed by atoms with Crippen molar-refractivity contribution < 1.29 is 18.4 Å². The van der Waals surface area contributed by atoms with Gasteiger partial charge < -0.3 is 19.5 Å². The average molecular weight is 424 g/mol. The Bertz CT molecular complexity index is 1030. The molecule has 1 saturated heterocycles. The highest BCUT2D eigenvalue weighted by atomic mass is 19.1. The number of nitrogens with zero attached hydrogens (tertiary/aromatic N) is 3. The van der Waals surface area contributed by atoms with E-state index in [9.17, 15) is 9.18 Å². The summed E-state index contributed by atoms with van der Waals surface area (Å²) in [6.45, 7) is 3.07. The van der Waals surface area contributed by atoms with E-state index in [4.69, 9.17) is 9.26 Å². The van der Waals surface area contributed by atoms with Gasteiger partial charge in [-0.05, 0) is 50.1 Å². The van der Waals surface area contributed by atoms with Crippen LogP contribution in [0.5, 0.6) is 5.75 Å². The van der Waals surface area contributed by atoms with Gasteiger partial charge >= 0.3 is 6.01 Å². The summed E-state index contributed by atoms with van der Waals surface area (Å²) in [6, 6.07) is 14.0. The number of carbonyl (C=O) groups excluding carboxylic acids is 1. The lowest BCUT2D eigenvalue weighted by Crippen LogP contribution is -2.41. The molecule has 1 fully saturated rings. The summed E-state index contributed by atoms with van der Waals surface area (Å²) in [7, 11) is 1.62. The topological polar surface area (TPSA) is 80.5 Å². The van der Waals surface area contributed by atoms with E-state index >= 15 is 0 Å². The lowest BCUT2D eigenvalue weighted by molar-refractivity contribution is -0.126. The number of benzene rings is 2. The van der Waals surface area contributed by atoms with Crippen LogP contribution in [0.15, 0.2) is 53.1 Å². The highest BCUT2D eigenvalue weighted by molar-refractivity contribution is 5.79. The van der Waals surface area contributed by atoms with Crippen molar-refractivity contribution in [3.63, 3.8) is 0 Å². The molecule has 3 aromatic rings. The van der Waals surface area contributed by atoms with E-state index in [1.54, 1.807) is 32.2 Å². The molecule has 8 heteroatoms. The van der Waals surface area contributed by atoms with Gasteiger partial charge in [-0.2, -0.15) is 4.98 Å². The monoisotopic (exact) mass is 424 g/mol. The number of rotatable bonds is 6. The average Bonchev–Trinajstić information content (AvgIpc) is 3.30. The lowest BCUT2D eigenvalue weighted by Gasteiger charge is -2.30. The Morgan fingerprint density at radius 3 is 2.58 bits per heavy atom. The van der Waals surface area contributed by atoms with Crippen molar-refractivity contribution in [3.8, 4) is 17.1 Å². The van der Waals surface area contributed by atoms with Gasteiger partial charge in [0, 0.05) is 30.1 Å². The van der Waals surface area contributed by atoms with Gasteiger partial charge in [0.15, 0.2) is 0 Å². The van der Waals surface area contributed by atoms with E-state index in [0.717, 1.165) is 11.3 Å². The zero-order chi connectivity index (χ0) is 21.8. The maximum absolute atomic E-state index is 13.9. The molecule has 1 amide bonds. The number of hydrogen-bond acceptors (Lipinski definition) is 6. The molecule has 1 aromatic heterocycles. The van der Waals surface area contributed by atoms with Gasteiger partial charge in [0.2, 0.25) is 11.7 Å². The van der Waals surface area contributed by atoms with E-state index in [1.165, 1.54) is 6.07 Å². The van der Waals surface area contributed by atoms with E-state index < -0.39 is 0 Å². The summed E-state index contributed by atoms with van der Waals surface area (Å²) in [4.78, 5) is 19.1. The second kappa shape index (κ2) is 9.16. The van der Waals surface area contributed by atoms with Gasteiger partial charge in [0.05, 0.1) is 13.2 Å². The third-order valence-corrected chi connectivity index (χ3v) is 5.63. The molecule has 1 aliphatic heterocycles. The normalized spacial score (nSPS) is 15.5. The van der Waals surface area contributed by atoms with Crippen LogP contribution >= 0.6 is 0 Å². The minimum atomic E-state index is -0.380. The van der Waals surface area contributed by atoms with Gasteiger partial charge in [0.25, 0.3) is 0 Å². The van der Waals surface area contributed by atoms with Gasteiger partial charge in [-0.15, -0.1) is 0 Å². The molecule has 0 radical (unpaired) electrons. The third kappa shape index (κ3) is 4.68. The first-order valence-electron chi connectivity index (χ1n) is 10.3. The fourth-order valence-electron chi connectivity index (χ4n) is 3.77. The van der Waals surface area contributed by atoms with Crippen LogP contribution in [0, 0.1) is 11.7 Å². The first-order valence-corrected chi connectivity index (χ1v) is 10.3. The molecule has 1 atom stereocenters. The Labute approximate surface area is 180 Å². The van der Waals surface area contributed by atoms with Crippen molar-refractivity contribution in [1.29, 1.82) is 0 Å². The zero-order valence-electron chi connectivity index (χ0n) is 17.5. The molecule has 0 bridgehead atoms. The zero-order valence-corrected chi connectivity index (χ0v) is 17.5. The van der Waals surface area contributed by atoms with Crippen molar-refractivity contribution in [2.24, 2.45) is 5.92 Å². The Kier molecular flexibility index (Phi) is 6.16. The summed E-state index contributed by atoms with van der Waals surface area (Å²) >= 11 is 0. The van der Waals surface area contributed by atoms with Crippen LogP contribution in [0.3, 0.4) is 0 Å². The quantitative estimate of drug-likeness (QED) is 0.645. The minimum absolute atomic E-state index is 0.0557. The summed E-state index contributed by atoms with van der Waals surface area (Å²) in [5.74, 6) is 0.775. The molecule has 31 heavy (non-hydrogen) atoms. The Balaban J connectivity index is 1.33. The number of piperidine rings is 1. The van der Waals surface area contributed by atoms with Gasteiger partial charge in [-0.25, -0.2) is 4.39 Å². The summed E-state index contributed by atoms with van der Waals surface area (Å²) in [5.41, 5.74) is 1.33. The predicted octanol–water partition coefficient (Wildman–Crippen LogP) is 3.98. The van der Waals surface area contributed by atoms with Gasteiger partial charge in [-0.3, -0.25) is 4.79 Å². The fraction of sp³-hybridized carbons (Fsp3) is 0.348. The molecule has 162 valence electrons. The van der Waals surface area contributed by atoms with Crippen LogP contribution in [0.1, 0.15) is 31.4 Å². The molecule has 0 aliphatic carbocycles. The summed E-state index contributed by atoms with van der Waals surface area (Å²) in [6.07, 6.45) is 1.33. The predicted molar refractivity (Wildman–Crippen MR) is 114 cm³/mol. The number of methoxy groups -OCH3 is 1. The number of carbonyl (C=O) groups is 1. The van der Waals surface area contributed by atoms with E-state index in [-0.39, 0.29) is 23.7 Å². The number of hydrogen-bond donors (Lipinski definition) is 1. The Morgan fingerprint density at radius 2 is 1.90 bits per heavy atom. The number of aromatic nitrogens is 2. The third-order valence-electron chi connectivity index (χ3n) is 5.63. The SMILES string of the molecule is COc1ccc(-c2noc(N3CCC(C(=O)NC(C)c4ccccc4F)CC3)n2)cc1. The van der Waals surface area contributed by atoms with Crippen molar-refractivity contribution in [3.05, 3.63) is 59.9 Å². The van der Waals surface area contributed by atoms with E-state index in [1.807, 2.05) is 29.2 Å². The van der Waals surface area contributed by atoms with Crippen LogP contribution in [-0.2, 0) is 4.79 Å². The number of nitrogens with one attached hydrogen (secondary N) is 1. The Hall–Kier alpha value is -3.42. The number of halogens is 1. The summed E-state index contributed by atoms with van der Waals surface area (Å²) < 4.78 is 24.6. The first-order chi connectivity index (χ1) is 15.0. The minimum Gasteiger partial charge on any atom is -0.497 e. The lowest BCUT2D eigenvalue weighted by atomic mass is 9.95. The maximum Gasteiger partial charge on any atom is 0.324 e. The standard InChI is InChI=1S/C23H25FN4O3/c1-15(19-5-3-4-6-20(19)24)25-22(29)17-11-13-28(14-12-17)23-26-21(27-31-23)16-7-9-18(30-2)10-8-16/h3-10,15,17H,11-14H2,1-2H3,(H,25,29). The second-order valence-corrected chi connectivity index (χ2v) is 7.64. The van der Waals surface area contributed by atoms with E-state index in [2.05, 4.69) is 15.5 Å². The Morgan fingerprint density at radius 1 is 1.19 bits per heavy atom. The van der Waals surface area contributed by atoms with Crippen LogP contribution in [0.2, 0.25) is 0 Å². The number of ether oxygens (including phenoxy) is 1. The van der Waals surface area contributed by atoms with Crippen LogP contribution in [-0.4, -0.2) is 36.2 Å². The molecular formula is C23H25FN4O3. The van der Waals surface area contributed by atoms with Crippen LogP contribution in [0.4, 0.5) is 10.4 Å². The number of anilines is 1. The molecule has 1 N–H and O–H groups in total. The van der Waals surface area contributed by atoms with Crippen molar-refractivity contribution >= 4 is 11.9 Å². The molecule has 1 unspecified atom stereocenters. The molecule has 2 aromatic carbocycles. The molecule has 2 heterocycles. The molecule has 0 saturated carbocycles. The maximum atomic E-state index is 13.9. The molecular weight excluding hydrogens is 399 g/mol. The molecule has 7 nitrogen and oxygen atoms in total. The molecule has 0 spiro atoms. The highest BCUT2D eigenvalue weighted by Gasteiger charge is 2.28. The van der Waals surface area contributed by atoms with Gasteiger partial charge in [-0.1, -0.05) is 23.4 Å². The first kappa shape index (κ1) is 20.8. The van der Waals surface area contributed by atoms with E-state index in [0.29, 0.717) is 43.3 Å². The van der Waals surface area contributed by atoms with Crippen molar-refractivity contribution in [2.75, 3.05) is 25.1 Å². The summed E-state index contributed by atoms with van der Waals surface area (Å²) in [5, 5.41) is 7.01. The highest BCUT2D eigenvalue weighted by Crippen LogP contribution is 2.26. The van der Waals surface area contributed by atoms with Crippen LogP contribution < -0.4 is 15.0 Å². The molecule has 1 aliphatic rings. The smallest absolute Gasteiger partial charge is 0.324 e. The van der Waals surface area contributed by atoms with Crippen molar-refractivity contribution in [1.82, 2.24) is 15.5 Å². The van der Waals surface area contributed by atoms with Gasteiger partial charge in [0.1, 0.15) is 11.6 Å².